The molecule has 0 aromatic heterocycles. The van der Waals surface area contributed by atoms with Crippen molar-refractivity contribution in [3.8, 4) is 0 Å². The first-order valence-corrected chi connectivity index (χ1v) is 3.51. The summed E-state index contributed by atoms with van der Waals surface area (Å²) in [5.74, 6) is -0.303. The van der Waals surface area contributed by atoms with Crippen LogP contribution in [0.4, 0.5) is 13.2 Å². The van der Waals surface area contributed by atoms with Crippen molar-refractivity contribution in [1.29, 1.82) is 0 Å². The molecule has 0 unspecified atom stereocenters. The molecule has 70 valence electrons. The van der Waals surface area contributed by atoms with Gasteiger partial charge in [0.1, 0.15) is 5.70 Å². The van der Waals surface area contributed by atoms with E-state index in [1.165, 1.54) is 7.05 Å². The molecule has 0 saturated heterocycles. The summed E-state index contributed by atoms with van der Waals surface area (Å²) < 4.78 is 35.7. The van der Waals surface area contributed by atoms with Gasteiger partial charge in [0.05, 0.1) is 5.88 Å². The van der Waals surface area contributed by atoms with E-state index in [1.807, 2.05) is 0 Å². The lowest BCUT2D eigenvalue weighted by Gasteiger charge is -2.08. The van der Waals surface area contributed by atoms with Crippen molar-refractivity contribution >= 4 is 17.8 Å². The van der Waals surface area contributed by atoms with Gasteiger partial charge in [0.25, 0.3) is 0 Å². The molecule has 6 heteroatoms. The molecule has 0 amide bonds. The number of halogens is 4. The molecule has 0 aliphatic rings. The number of hydrogen-bond donors (Lipinski definition) is 1. The maximum Gasteiger partial charge on any atom is 0.431 e. The summed E-state index contributed by atoms with van der Waals surface area (Å²) in [6, 6.07) is 0. The van der Waals surface area contributed by atoms with Gasteiger partial charge in [0.15, 0.2) is 0 Å². The van der Waals surface area contributed by atoms with Crippen LogP contribution in [0.25, 0.3) is 0 Å². The number of nitrogens with two attached hydrogens (primary N) is 1. The van der Waals surface area contributed by atoms with E-state index >= 15 is 0 Å². The second-order valence-corrected chi connectivity index (χ2v) is 2.22. The number of alkyl halides is 4. The first kappa shape index (κ1) is 11.3. The van der Waals surface area contributed by atoms with Gasteiger partial charge in [0.2, 0.25) is 0 Å². The van der Waals surface area contributed by atoms with E-state index in [2.05, 4.69) is 4.99 Å². The third-order valence-corrected chi connectivity index (χ3v) is 1.37. The second-order valence-electron chi connectivity index (χ2n) is 1.96. The van der Waals surface area contributed by atoms with Gasteiger partial charge in [0, 0.05) is 18.8 Å². The normalized spacial score (nSPS) is 15.1. The molecular formula is C6H8ClF3N2. The summed E-state index contributed by atoms with van der Waals surface area (Å²) in [6.07, 6.45) is -3.54. The van der Waals surface area contributed by atoms with Gasteiger partial charge in [-0.1, -0.05) is 0 Å². The Morgan fingerprint density at radius 3 is 2.33 bits per heavy atom. The molecule has 12 heavy (non-hydrogen) atoms. The van der Waals surface area contributed by atoms with Crippen LogP contribution >= 0.6 is 11.6 Å². The van der Waals surface area contributed by atoms with Crippen LogP contribution in [0, 0.1) is 0 Å². The Hall–Kier alpha value is -0.710. The standard InChI is InChI=1S/C6H8ClF3N2/c1-12-3-4(2-7)5(11)6(8,9)10/h3H,2,11H2,1H3. The third-order valence-electron chi connectivity index (χ3n) is 1.08. The van der Waals surface area contributed by atoms with E-state index in [-0.39, 0.29) is 11.5 Å². The van der Waals surface area contributed by atoms with E-state index in [4.69, 9.17) is 17.3 Å². The van der Waals surface area contributed by atoms with Crippen LogP contribution < -0.4 is 5.73 Å². The molecule has 0 radical (unpaired) electrons. The highest BCUT2D eigenvalue weighted by molar-refractivity contribution is 6.21. The molecule has 0 aromatic rings. The van der Waals surface area contributed by atoms with Crippen molar-refractivity contribution in [1.82, 2.24) is 0 Å². The molecule has 0 aliphatic heterocycles. The average Bonchev–Trinajstić information content (AvgIpc) is 1.97. The van der Waals surface area contributed by atoms with Crippen LogP contribution in [0.15, 0.2) is 16.3 Å². The maximum atomic E-state index is 11.9. The fourth-order valence-electron chi connectivity index (χ4n) is 0.514. The Labute approximate surface area is 72.9 Å². The third kappa shape index (κ3) is 3.13. The zero-order chi connectivity index (χ0) is 9.78. The minimum atomic E-state index is -4.54. The lowest BCUT2D eigenvalue weighted by molar-refractivity contribution is -0.0931. The topological polar surface area (TPSA) is 38.4 Å². The largest absolute Gasteiger partial charge is 0.431 e. The fourth-order valence-corrected chi connectivity index (χ4v) is 0.727. The van der Waals surface area contributed by atoms with E-state index in [1.54, 1.807) is 0 Å². The van der Waals surface area contributed by atoms with Crippen LogP contribution in [0.1, 0.15) is 0 Å². The molecule has 0 aliphatic carbocycles. The summed E-state index contributed by atoms with van der Waals surface area (Å²) >= 11 is 5.22. The molecule has 0 atom stereocenters. The summed E-state index contributed by atoms with van der Waals surface area (Å²) in [5, 5.41) is 0. The van der Waals surface area contributed by atoms with Crippen LogP contribution in [-0.4, -0.2) is 25.3 Å². The number of allylic oxidation sites excluding steroid dienone is 2. The number of hydrogen-bond acceptors (Lipinski definition) is 2. The van der Waals surface area contributed by atoms with Gasteiger partial charge in [-0.25, -0.2) is 0 Å². The molecular weight excluding hydrogens is 193 g/mol. The van der Waals surface area contributed by atoms with Crippen molar-refractivity contribution in [2.75, 3.05) is 12.9 Å². The Kier molecular flexibility index (Phi) is 4.09. The van der Waals surface area contributed by atoms with Crippen LogP contribution in [-0.2, 0) is 0 Å². The van der Waals surface area contributed by atoms with Gasteiger partial charge in [-0.15, -0.1) is 11.6 Å². The minimum absolute atomic E-state index is 0.216. The molecule has 0 spiro atoms. The van der Waals surface area contributed by atoms with Gasteiger partial charge in [-0.05, 0) is 0 Å². The average molecular weight is 201 g/mol. The van der Waals surface area contributed by atoms with E-state index in [0.717, 1.165) is 6.21 Å². The zero-order valence-electron chi connectivity index (χ0n) is 6.32. The smallest absolute Gasteiger partial charge is 0.394 e. The lowest BCUT2D eigenvalue weighted by atomic mass is 10.2. The van der Waals surface area contributed by atoms with Crippen molar-refractivity contribution in [2.24, 2.45) is 10.7 Å². The monoisotopic (exact) mass is 200 g/mol. The van der Waals surface area contributed by atoms with E-state index in [9.17, 15) is 13.2 Å². The molecule has 0 bridgehead atoms. The summed E-state index contributed by atoms with van der Waals surface area (Å²) in [4.78, 5) is 3.39. The molecule has 0 rings (SSSR count). The minimum Gasteiger partial charge on any atom is -0.394 e. The Balaban J connectivity index is 4.85. The second kappa shape index (κ2) is 4.35. The zero-order valence-corrected chi connectivity index (χ0v) is 7.08. The predicted octanol–water partition coefficient (Wildman–Crippen LogP) is 1.70. The van der Waals surface area contributed by atoms with Crippen LogP contribution in [0.5, 0.6) is 0 Å². The van der Waals surface area contributed by atoms with Crippen molar-refractivity contribution in [3.05, 3.63) is 11.3 Å². The van der Waals surface area contributed by atoms with Crippen LogP contribution in [0.3, 0.4) is 0 Å². The highest BCUT2D eigenvalue weighted by Gasteiger charge is 2.33. The number of nitrogens with zero attached hydrogens (tertiary/aromatic N) is 1. The number of aliphatic imine (C=N–C) groups is 1. The summed E-state index contributed by atoms with van der Waals surface area (Å²) in [7, 11) is 1.34. The van der Waals surface area contributed by atoms with Crippen molar-refractivity contribution in [3.63, 3.8) is 0 Å². The Bertz CT molecular complexity index is 207. The number of rotatable bonds is 2. The Morgan fingerprint density at radius 1 is 1.58 bits per heavy atom. The first-order valence-electron chi connectivity index (χ1n) is 2.97. The predicted molar refractivity (Wildman–Crippen MR) is 42.4 cm³/mol. The Morgan fingerprint density at radius 2 is 2.08 bits per heavy atom. The highest BCUT2D eigenvalue weighted by atomic mass is 35.5. The molecule has 0 heterocycles. The van der Waals surface area contributed by atoms with Gasteiger partial charge in [-0.3, -0.25) is 4.99 Å². The summed E-state index contributed by atoms with van der Waals surface area (Å²) in [6.45, 7) is 0. The first-order chi connectivity index (χ1) is 5.43. The van der Waals surface area contributed by atoms with Gasteiger partial charge < -0.3 is 5.73 Å². The van der Waals surface area contributed by atoms with Crippen molar-refractivity contribution in [2.45, 2.75) is 6.18 Å². The maximum absolute atomic E-state index is 11.9. The van der Waals surface area contributed by atoms with E-state index in [0.29, 0.717) is 0 Å². The van der Waals surface area contributed by atoms with Crippen LogP contribution in [0.2, 0.25) is 0 Å². The molecule has 0 fully saturated rings. The molecule has 2 N–H and O–H groups in total. The fraction of sp³-hybridized carbons (Fsp3) is 0.500. The van der Waals surface area contributed by atoms with Gasteiger partial charge in [-0.2, -0.15) is 13.2 Å². The SMILES string of the molecule is CN=CC(CCl)=C(N)C(F)(F)F. The quantitative estimate of drug-likeness (QED) is 0.535. The van der Waals surface area contributed by atoms with Crippen molar-refractivity contribution < 1.29 is 13.2 Å². The lowest BCUT2D eigenvalue weighted by Crippen LogP contribution is -2.22. The highest BCUT2D eigenvalue weighted by Crippen LogP contribution is 2.23. The molecule has 0 aromatic carbocycles. The van der Waals surface area contributed by atoms with Gasteiger partial charge >= 0.3 is 6.18 Å². The summed E-state index contributed by atoms with van der Waals surface area (Å²) in [5.41, 5.74) is 3.36. The molecule has 2 nitrogen and oxygen atoms in total. The van der Waals surface area contributed by atoms with E-state index < -0.39 is 11.9 Å². The molecule has 0 saturated carbocycles.